The van der Waals surface area contributed by atoms with Crippen molar-refractivity contribution < 1.29 is 29.1 Å². The van der Waals surface area contributed by atoms with Gasteiger partial charge in [-0.05, 0) is 0 Å². The topological polar surface area (TPSA) is 38.7 Å². The van der Waals surface area contributed by atoms with Crippen LogP contribution in [0.3, 0.4) is 0 Å². The molecular weight excluding hydrogens is 168 g/mol. The summed E-state index contributed by atoms with van der Waals surface area (Å²) in [7, 11) is 0. The van der Waals surface area contributed by atoms with Gasteiger partial charge in [-0.2, -0.15) is 0 Å². The number of aliphatic hydroxyl groups is 1. The average molecular weight is 184 g/mol. The molecule has 1 N–H and O–H groups in total. The van der Waals surface area contributed by atoms with E-state index in [1.54, 1.807) is 0 Å². The summed E-state index contributed by atoms with van der Waals surface area (Å²) in [6.07, 6.45) is 0. The van der Waals surface area contributed by atoms with Gasteiger partial charge in [-0.3, -0.25) is 0 Å². The van der Waals surface area contributed by atoms with Crippen molar-refractivity contribution in [3.05, 3.63) is 0 Å². The van der Waals surface area contributed by atoms with Crippen LogP contribution in [0.15, 0.2) is 0 Å². The van der Waals surface area contributed by atoms with Gasteiger partial charge in [0, 0.05) is 0 Å². The maximum absolute atomic E-state index is 8.88. The summed E-state index contributed by atoms with van der Waals surface area (Å²) < 4.78 is 10.7. The monoisotopic (exact) mass is 184 g/mol. The van der Waals surface area contributed by atoms with Crippen LogP contribution in [0.4, 0.5) is 0 Å². The molecule has 0 aliphatic heterocycles. The van der Waals surface area contributed by atoms with Gasteiger partial charge in [0.25, 0.3) is 0 Å². The molecule has 0 heterocycles. The van der Waals surface area contributed by atoms with Gasteiger partial charge >= 0.3 is 66.3 Å². The van der Waals surface area contributed by atoms with Crippen molar-refractivity contribution in [1.82, 2.24) is 0 Å². The van der Waals surface area contributed by atoms with E-state index >= 15 is 0 Å². The van der Waals surface area contributed by atoms with E-state index < -0.39 is 17.4 Å². The predicted molar refractivity (Wildman–Crippen MR) is 36.2 cm³/mol. The van der Waals surface area contributed by atoms with Crippen molar-refractivity contribution in [2.45, 2.75) is 19.1 Å². The van der Waals surface area contributed by atoms with Crippen molar-refractivity contribution in [2.75, 3.05) is 18.1 Å². The van der Waals surface area contributed by atoms with Crippen molar-refractivity contribution >= 4 is 0 Å². The molecule has 0 rings (SSSR count). The van der Waals surface area contributed by atoms with Gasteiger partial charge < -0.3 is 0 Å². The molecule has 4 heteroatoms. The molecule has 62 valence electrons. The minimum atomic E-state index is -2.65. The fraction of sp³-hybridized carbons (Fsp3) is 1.00. The number of hydrogen-bond acceptors (Lipinski definition) is 3. The molecule has 0 amide bonds. The van der Waals surface area contributed by atoms with Gasteiger partial charge in [-0.1, -0.05) is 0 Å². The first kappa shape index (κ1) is 10.6. The van der Waals surface area contributed by atoms with E-state index in [2.05, 4.69) is 0 Å². The summed E-state index contributed by atoms with van der Waals surface area (Å²) in [4.78, 5) is 0.0850. The second-order valence-corrected chi connectivity index (χ2v) is 7.09. The Morgan fingerprint density at radius 3 is 1.80 bits per heavy atom. The van der Waals surface area contributed by atoms with E-state index in [9.17, 15) is 0 Å². The van der Waals surface area contributed by atoms with Crippen LogP contribution in [0.5, 0.6) is 0 Å². The van der Waals surface area contributed by atoms with Crippen LogP contribution < -0.4 is 0 Å². The molecule has 3 nitrogen and oxygen atoms in total. The molecule has 0 aliphatic carbocycles. The van der Waals surface area contributed by atoms with Gasteiger partial charge in [0.2, 0.25) is 0 Å². The van der Waals surface area contributed by atoms with Crippen LogP contribution in [0.2, 0.25) is 5.23 Å². The molecule has 0 unspecified atom stereocenters. The van der Waals surface area contributed by atoms with Crippen LogP contribution in [-0.2, 0) is 24.0 Å². The zero-order valence-electron chi connectivity index (χ0n) is 6.89. The maximum atomic E-state index is 8.88. The van der Waals surface area contributed by atoms with Crippen LogP contribution in [0.25, 0.3) is 0 Å². The molecule has 0 spiro atoms. The first-order valence-corrected chi connectivity index (χ1v) is 7.51. The number of hydrogen-bond donors (Lipinski definition) is 1. The summed E-state index contributed by atoms with van der Waals surface area (Å²) in [5.41, 5.74) is 0. The summed E-state index contributed by atoms with van der Waals surface area (Å²) in [6.45, 7) is 5.10. The third-order valence-electron chi connectivity index (χ3n) is 1.19. The third-order valence-corrected chi connectivity index (χ3v) is 4.89. The molecule has 0 bridgehead atoms. The van der Waals surface area contributed by atoms with Crippen LogP contribution in [0, 0.1) is 0 Å². The summed E-state index contributed by atoms with van der Waals surface area (Å²) in [5.74, 6) is 0. The second-order valence-electron chi connectivity index (χ2n) is 2.16. The first-order valence-electron chi connectivity index (χ1n) is 3.57. The van der Waals surface area contributed by atoms with E-state index in [0.29, 0.717) is 13.2 Å². The summed E-state index contributed by atoms with van der Waals surface area (Å²) >= 11 is -2.65. The van der Waals surface area contributed by atoms with E-state index in [-0.39, 0.29) is 4.91 Å². The summed E-state index contributed by atoms with van der Waals surface area (Å²) in [5, 5.41) is 10.8. The first-order chi connectivity index (χ1) is 4.68. The van der Waals surface area contributed by atoms with Crippen molar-refractivity contribution in [1.29, 1.82) is 0 Å². The quantitative estimate of drug-likeness (QED) is 0.648. The molecule has 0 aliphatic rings. The van der Waals surface area contributed by atoms with E-state index in [1.807, 2.05) is 19.1 Å². The Balaban J connectivity index is 3.69. The van der Waals surface area contributed by atoms with E-state index in [4.69, 9.17) is 11.7 Å². The van der Waals surface area contributed by atoms with Crippen LogP contribution in [-0.4, -0.2) is 23.2 Å². The predicted octanol–water partition coefficient (Wildman–Crippen LogP) is 1.04. The molecule has 10 heavy (non-hydrogen) atoms. The van der Waals surface area contributed by atoms with Gasteiger partial charge in [-0.25, -0.2) is 0 Å². The molecule has 0 aromatic rings. The van der Waals surface area contributed by atoms with Gasteiger partial charge in [-0.15, -0.1) is 0 Å². The fourth-order valence-electron chi connectivity index (χ4n) is 0.744. The van der Waals surface area contributed by atoms with Crippen molar-refractivity contribution in [3.8, 4) is 0 Å². The normalized spacial score (nSPS) is 12.0. The SMILES string of the molecule is CC[O][Ti]([CH3])([CH2]O)[O]CC. The Bertz CT molecular complexity index is 81.1. The molecule has 0 aromatic heterocycles. The Hall–Kier alpha value is 0.594. The molecule has 0 saturated carbocycles. The number of aliphatic hydroxyl groups excluding tert-OH is 1. The van der Waals surface area contributed by atoms with Crippen LogP contribution >= 0.6 is 0 Å². The zero-order valence-corrected chi connectivity index (χ0v) is 8.45. The molecule has 0 radical (unpaired) electrons. The molecular formula is C6H16O3Ti. The second kappa shape index (κ2) is 5.27. The summed E-state index contributed by atoms with van der Waals surface area (Å²) in [6, 6.07) is 0. The van der Waals surface area contributed by atoms with Crippen molar-refractivity contribution in [3.63, 3.8) is 0 Å². The fourth-order valence-corrected chi connectivity index (χ4v) is 3.07. The molecule has 0 fully saturated rings. The molecule has 0 saturated heterocycles. The van der Waals surface area contributed by atoms with Gasteiger partial charge in [0.1, 0.15) is 0 Å². The molecule has 0 aromatic carbocycles. The van der Waals surface area contributed by atoms with Gasteiger partial charge in [0.05, 0.1) is 0 Å². The Kier molecular flexibility index (Phi) is 5.58. The third kappa shape index (κ3) is 3.69. The Labute approximate surface area is 66.6 Å². The Morgan fingerprint density at radius 2 is 1.60 bits per heavy atom. The molecule has 0 atom stereocenters. The van der Waals surface area contributed by atoms with Crippen molar-refractivity contribution in [2.24, 2.45) is 0 Å². The average Bonchev–Trinajstić information content (AvgIpc) is 1.89. The zero-order chi connectivity index (χ0) is 8.04. The van der Waals surface area contributed by atoms with E-state index in [1.165, 1.54) is 0 Å². The number of rotatable bonds is 5. The van der Waals surface area contributed by atoms with Crippen LogP contribution in [0.1, 0.15) is 13.8 Å². The van der Waals surface area contributed by atoms with E-state index in [0.717, 1.165) is 0 Å². The van der Waals surface area contributed by atoms with Gasteiger partial charge in [0.15, 0.2) is 0 Å². The Morgan fingerprint density at radius 1 is 1.20 bits per heavy atom. The standard InChI is InChI=1S/2C2H5O.CH3O.CH3.Ti/c2*1-2-3;1-2;;/h2*2H2,1H3;2H,1H2;1H3;/q2*-1;;;+2. The minimum absolute atomic E-state index is 0.0850.